The molecule has 1 N–H and O–H groups in total. The third-order valence-corrected chi connectivity index (χ3v) is 5.65. The van der Waals surface area contributed by atoms with Crippen LogP contribution in [0, 0.1) is 0 Å². The molecule has 4 rings (SSSR count). The molecule has 0 saturated heterocycles. The van der Waals surface area contributed by atoms with Gasteiger partial charge in [0.25, 0.3) is 0 Å². The lowest BCUT2D eigenvalue weighted by Gasteiger charge is -2.35. The summed E-state index contributed by atoms with van der Waals surface area (Å²) in [6.07, 6.45) is 1.29. The smallest absolute Gasteiger partial charge is 0.410 e. The highest BCUT2D eigenvalue weighted by atomic mass is 79.9. The highest BCUT2D eigenvalue weighted by Crippen LogP contribution is 2.39. The van der Waals surface area contributed by atoms with E-state index in [0.29, 0.717) is 18.2 Å². The molecule has 0 spiro atoms. The van der Waals surface area contributed by atoms with Crippen LogP contribution >= 0.6 is 27.5 Å². The molecule has 6 heteroatoms. The summed E-state index contributed by atoms with van der Waals surface area (Å²) >= 11 is 9.77. The van der Waals surface area contributed by atoms with Gasteiger partial charge in [-0.3, -0.25) is 4.90 Å². The van der Waals surface area contributed by atoms with Gasteiger partial charge in [0.05, 0.1) is 6.61 Å². The van der Waals surface area contributed by atoms with E-state index in [2.05, 4.69) is 27.0 Å². The Morgan fingerprint density at radius 1 is 1.33 bits per heavy atom. The minimum Gasteiger partial charge on any atom is -0.449 e. The molecule has 0 bridgehead atoms. The summed E-state index contributed by atoms with van der Waals surface area (Å²) in [5.41, 5.74) is 4.33. The second kappa shape index (κ2) is 7.56. The van der Waals surface area contributed by atoms with Crippen molar-refractivity contribution in [3.63, 3.8) is 0 Å². The van der Waals surface area contributed by atoms with Crippen LogP contribution in [0.25, 0.3) is 10.9 Å². The molecular formula is C21H20BrClN2O2. The number of H-pyrrole nitrogens is 1. The Hall–Kier alpha value is -1.98. The Balaban J connectivity index is 1.85. The zero-order valence-electron chi connectivity index (χ0n) is 15.0. The van der Waals surface area contributed by atoms with Crippen molar-refractivity contribution in [2.24, 2.45) is 0 Å². The second-order valence-corrected chi connectivity index (χ2v) is 8.07. The molecule has 1 unspecified atom stereocenters. The van der Waals surface area contributed by atoms with Gasteiger partial charge >= 0.3 is 6.09 Å². The molecule has 0 saturated carbocycles. The molecule has 2 aromatic carbocycles. The van der Waals surface area contributed by atoms with Gasteiger partial charge < -0.3 is 9.72 Å². The van der Waals surface area contributed by atoms with Gasteiger partial charge in [-0.2, -0.15) is 0 Å². The fraction of sp³-hybridized carbons (Fsp3) is 0.286. The first kappa shape index (κ1) is 18.4. The van der Waals surface area contributed by atoms with E-state index >= 15 is 0 Å². The Labute approximate surface area is 171 Å². The summed E-state index contributed by atoms with van der Waals surface area (Å²) in [6, 6.07) is 13.7. The summed E-state index contributed by atoms with van der Waals surface area (Å²) in [5, 5.41) is 1.84. The van der Waals surface area contributed by atoms with E-state index in [1.165, 1.54) is 5.56 Å². The van der Waals surface area contributed by atoms with Crippen LogP contribution in [0.1, 0.15) is 36.2 Å². The molecule has 0 fully saturated rings. The zero-order valence-corrected chi connectivity index (χ0v) is 17.3. The van der Waals surface area contributed by atoms with Crippen molar-refractivity contribution in [3.8, 4) is 0 Å². The van der Waals surface area contributed by atoms with Gasteiger partial charge in [-0.05, 0) is 54.3 Å². The van der Waals surface area contributed by atoms with Crippen LogP contribution in [-0.2, 0) is 11.2 Å². The minimum atomic E-state index is -0.274. The van der Waals surface area contributed by atoms with Gasteiger partial charge in [-0.15, -0.1) is 0 Å². The number of fused-ring (bicyclic) bond motifs is 3. The van der Waals surface area contributed by atoms with Crippen molar-refractivity contribution in [2.45, 2.75) is 25.8 Å². The van der Waals surface area contributed by atoms with Gasteiger partial charge in [0.1, 0.15) is 6.04 Å². The van der Waals surface area contributed by atoms with E-state index in [9.17, 15) is 4.79 Å². The number of nitrogens with zero attached hydrogens (tertiary/aromatic N) is 1. The first-order valence-electron chi connectivity index (χ1n) is 9.07. The van der Waals surface area contributed by atoms with Gasteiger partial charge in [-0.25, -0.2) is 4.79 Å². The van der Waals surface area contributed by atoms with Crippen molar-refractivity contribution >= 4 is 44.5 Å². The second-order valence-electron chi connectivity index (χ2n) is 6.72. The maximum atomic E-state index is 12.8. The molecule has 2 heterocycles. The predicted molar refractivity (Wildman–Crippen MR) is 111 cm³/mol. The third-order valence-electron chi connectivity index (χ3n) is 4.92. The molecule has 0 aliphatic carbocycles. The largest absolute Gasteiger partial charge is 0.449 e. The number of ether oxygens (including phenoxy) is 1. The molecule has 1 atom stereocenters. The number of carbonyl (C=O) groups excluding carboxylic acids is 1. The van der Waals surface area contributed by atoms with E-state index in [0.717, 1.165) is 39.5 Å². The van der Waals surface area contributed by atoms with E-state index < -0.39 is 0 Å². The number of benzene rings is 2. The lowest BCUT2D eigenvalue weighted by molar-refractivity contribution is 0.0889. The first-order chi connectivity index (χ1) is 13.1. The zero-order chi connectivity index (χ0) is 19.0. The van der Waals surface area contributed by atoms with Crippen molar-refractivity contribution in [1.82, 2.24) is 9.88 Å². The standard InChI is InChI=1S/C21H20BrClN2O2/c1-2-10-27-21(26)25-9-8-16-17-12-15(23)6-7-18(17)24-19(16)20(25)13-4-3-5-14(22)11-13/h3-7,11-12,20,24H,2,8-10H2,1H3. The average molecular weight is 448 g/mol. The summed E-state index contributed by atoms with van der Waals surface area (Å²) in [7, 11) is 0. The number of aromatic amines is 1. The van der Waals surface area contributed by atoms with Crippen molar-refractivity contribution in [3.05, 3.63) is 68.8 Å². The number of halogens is 2. The maximum absolute atomic E-state index is 12.8. The fourth-order valence-corrected chi connectivity index (χ4v) is 4.34. The molecule has 4 nitrogen and oxygen atoms in total. The van der Waals surface area contributed by atoms with Crippen LogP contribution in [0.4, 0.5) is 4.79 Å². The van der Waals surface area contributed by atoms with Gasteiger partial charge in [0, 0.05) is 32.6 Å². The molecular weight excluding hydrogens is 428 g/mol. The van der Waals surface area contributed by atoms with Crippen LogP contribution < -0.4 is 0 Å². The molecule has 0 radical (unpaired) electrons. The van der Waals surface area contributed by atoms with E-state index in [1.807, 2.05) is 48.2 Å². The number of nitrogens with one attached hydrogen (secondary N) is 1. The Morgan fingerprint density at radius 3 is 2.96 bits per heavy atom. The summed E-state index contributed by atoms with van der Waals surface area (Å²) < 4.78 is 6.44. The number of hydrogen-bond donors (Lipinski definition) is 1. The lowest BCUT2D eigenvalue weighted by Crippen LogP contribution is -2.41. The lowest BCUT2D eigenvalue weighted by atomic mass is 9.93. The van der Waals surface area contributed by atoms with Crippen LogP contribution in [0.3, 0.4) is 0 Å². The topological polar surface area (TPSA) is 45.3 Å². The fourth-order valence-electron chi connectivity index (χ4n) is 3.75. The minimum absolute atomic E-state index is 0.221. The number of carbonyl (C=O) groups is 1. The number of hydrogen-bond acceptors (Lipinski definition) is 2. The van der Waals surface area contributed by atoms with Crippen LogP contribution in [0.5, 0.6) is 0 Å². The Morgan fingerprint density at radius 2 is 2.19 bits per heavy atom. The monoisotopic (exact) mass is 446 g/mol. The van der Waals surface area contributed by atoms with E-state index in [-0.39, 0.29) is 12.1 Å². The van der Waals surface area contributed by atoms with Crippen molar-refractivity contribution < 1.29 is 9.53 Å². The van der Waals surface area contributed by atoms with Gasteiger partial charge in [-0.1, -0.05) is 46.6 Å². The molecule has 1 aliphatic heterocycles. The molecule has 1 amide bonds. The third kappa shape index (κ3) is 3.46. The van der Waals surface area contributed by atoms with Crippen LogP contribution in [-0.4, -0.2) is 29.1 Å². The average Bonchev–Trinajstić information content (AvgIpc) is 3.03. The molecule has 27 heavy (non-hydrogen) atoms. The molecule has 3 aromatic rings. The number of aromatic nitrogens is 1. The van der Waals surface area contributed by atoms with Gasteiger partial charge in [0.2, 0.25) is 0 Å². The number of amides is 1. The first-order valence-corrected chi connectivity index (χ1v) is 10.2. The van der Waals surface area contributed by atoms with E-state index in [1.54, 1.807) is 0 Å². The van der Waals surface area contributed by atoms with Crippen LogP contribution in [0.15, 0.2) is 46.9 Å². The van der Waals surface area contributed by atoms with Crippen molar-refractivity contribution in [2.75, 3.05) is 13.2 Å². The highest BCUT2D eigenvalue weighted by molar-refractivity contribution is 9.10. The SMILES string of the molecule is CCCOC(=O)N1CCc2c([nH]c3ccc(Cl)cc23)C1c1cccc(Br)c1. The Bertz CT molecular complexity index is 1000. The Kier molecular flexibility index (Phi) is 5.15. The van der Waals surface area contributed by atoms with Crippen molar-refractivity contribution in [1.29, 1.82) is 0 Å². The molecule has 1 aromatic heterocycles. The quantitative estimate of drug-likeness (QED) is 0.529. The summed E-state index contributed by atoms with van der Waals surface area (Å²) in [4.78, 5) is 18.1. The summed E-state index contributed by atoms with van der Waals surface area (Å²) in [6.45, 7) is 3.02. The normalized spacial score (nSPS) is 16.4. The van der Waals surface area contributed by atoms with E-state index in [4.69, 9.17) is 16.3 Å². The predicted octanol–water partition coefficient (Wildman–Crippen LogP) is 6.08. The molecule has 1 aliphatic rings. The maximum Gasteiger partial charge on any atom is 0.410 e. The van der Waals surface area contributed by atoms with Gasteiger partial charge in [0.15, 0.2) is 0 Å². The highest BCUT2D eigenvalue weighted by Gasteiger charge is 2.35. The number of rotatable bonds is 3. The summed E-state index contributed by atoms with van der Waals surface area (Å²) in [5.74, 6) is 0. The van der Waals surface area contributed by atoms with Crippen LogP contribution in [0.2, 0.25) is 5.02 Å². The molecule has 140 valence electrons.